The van der Waals surface area contributed by atoms with Gasteiger partial charge in [0.2, 0.25) is 0 Å². The quantitative estimate of drug-likeness (QED) is 0.617. The minimum Gasteiger partial charge on any atom is -0.415 e. The molecule has 80 valence electrons. The molecule has 0 aliphatic heterocycles. The first-order chi connectivity index (χ1) is 5.80. The van der Waals surface area contributed by atoms with E-state index in [9.17, 15) is 0 Å². The van der Waals surface area contributed by atoms with Crippen LogP contribution in [0.25, 0.3) is 0 Å². The highest BCUT2D eigenvalue weighted by molar-refractivity contribution is 6.55. The summed E-state index contributed by atoms with van der Waals surface area (Å²) in [5, 5.41) is 0. The molecule has 0 aromatic carbocycles. The Labute approximate surface area is 85.6 Å². The van der Waals surface area contributed by atoms with Crippen LogP contribution < -0.4 is 0 Å². The molecule has 0 aromatic rings. The highest BCUT2D eigenvalue weighted by atomic mass is 28.3. The zero-order valence-electron chi connectivity index (χ0n) is 10.3. The van der Waals surface area contributed by atoms with Crippen molar-refractivity contribution in [1.82, 2.24) is 0 Å². The van der Waals surface area contributed by atoms with Gasteiger partial charge >= 0.3 is 0 Å². The Morgan fingerprint density at radius 2 is 1.46 bits per heavy atom. The summed E-state index contributed by atoms with van der Waals surface area (Å²) >= 11 is 0. The first kappa shape index (κ1) is 13.2. The first-order valence-electron chi connectivity index (χ1n) is 5.48. The Kier molecular flexibility index (Phi) is 5.23. The van der Waals surface area contributed by atoms with Gasteiger partial charge in [0.15, 0.2) is 9.04 Å². The van der Waals surface area contributed by atoms with Crippen molar-refractivity contribution in [2.45, 2.75) is 71.6 Å². The summed E-state index contributed by atoms with van der Waals surface area (Å²) in [6, 6.07) is 0. The Hall–Kier alpha value is 0.177. The van der Waals surface area contributed by atoms with Crippen LogP contribution >= 0.6 is 0 Å². The fourth-order valence-electron chi connectivity index (χ4n) is 1.49. The van der Waals surface area contributed by atoms with Crippen LogP contribution in [0.1, 0.15) is 54.9 Å². The van der Waals surface area contributed by atoms with Crippen LogP contribution in [-0.4, -0.2) is 14.6 Å². The fraction of sp³-hybridized carbons (Fsp3) is 1.00. The third-order valence-corrected chi connectivity index (χ3v) is 6.16. The molecule has 0 saturated heterocycles. The van der Waals surface area contributed by atoms with Crippen molar-refractivity contribution in [3.63, 3.8) is 0 Å². The zero-order valence-corrected chi connectivity index (χ0v) is 11.5. The van der Waals surface area contributed by atoms with Crippen LogP contribution in [0.15, 0.2) is 0 Å². The van der Waals surface area contributed by atoms with E-state index in [1.165, 1.54) is 0 Å². The molecule has 0 aromatic heterocycles. The average molecular weight is 202 g/mol. The van der Waals surface area contributed by atoms with Crippen LogP contribution in [0.5, 0.6) is 0 Å². The molecular formula is C11H26OSi. The van der Waals surface area contributed by atoms with Crippen molar-refractivity contribution in [1.29, 1.82) is 0 Å². The third-order valence-electron chi connectivity index (χ3n) is 2.62. The smallest absolute Gasteiger partial charge is 0.182 e. The molecule has 0 N–H and O–H groups in total. The summed E-state index contributed by atoms with van der Waals surface area (Å²) in [6.45, 7) is 15.8. The lowest BCUT2D eigenvalue weighted by Gasteiger charge is -2.33. The molecule has 0 fully saturated rings. The molecule has 0 aliphatic rings. The largest absolute Gasteiger partial charge is 0.415 e. The van der Waals surface area contributed by atoms with Gasteiger partial charge in [-0.25, -0.2) is 0 Å². The van der Waals surface area contributed by atoms with E-state index in [0.29, 0.717) is 0 Å². The van der Waals surface area contributed by atoms with E-state index in [4.69, 9.17) is 4.43 Å². The maximum absolute atomic E-state index is 6.25. The van der Waals surface area contributed by atoms with Gasteiger partial charge in [0, 0.05) is 0 Å². The van der Waals surface area contributed by atoms with Crippen molar-refractivity contribution in [2.24, 2.45) is 0 Å². The maximum atomic E-state index is 6.25. The molecule has 0 bridgehead atoms. The lowest BCUT2D eigenvalue weighted by atomic mass is 10.1. The third kappa shape index (κ3) is 4.82. The van der Waals surface area contributed by atoms with Gasteiger partial charge in [-0.1, -0.05) is 34.6 Å². The summed E-state index contributed by atoms with van der Waals surface area (Å²) in [7, 11) is -1.02. The van der Waals surface area contributed by atoms with Crippen LogP contribution in [-0.2, 0) is 4.43 Å². The molecule has 0 radical (unpaired) electrons. The fourth-order valence-corrected chi connectivity index (χ4v) is 4.48. The van der Waals surface area contributed by atoms with Crippen molar-refractivity contribution >= 4 is 9.04 Å². The lowest BCUT2D eigenvalue weighted by molar-refractivity contribution is 0.0973. The molecule has 0 atom stereocenters. The molecule has 1 nitrogen and oxygen atoms in total. The van der Waals surface area contributed by atoms with Gasteiger partial charge in [-0.2, -0.15) is 0 Å². The topological polar surface area (TPSA) is 9.23 Å². The minimum atomic E-state index is -1.02. The van der Waals surface area contributed by atoms with E-state index in [0.717, 1.165) is 17.5 Å². The van der Waals surface area contributed by atoms with Gasteiger partial charge in [0.05, 0.1) is 5.60 Å². The Bertz CT molecular complexity index is 133. The second kappa shape index (κ2) is 5.16. The maximum Gasteiger partial charge on any atom is 0.182 e. The van der Waals surface area contributed by atoms with E-state index in [2.05, 4.69) is 48.5 Å². The summed E-state index contributed by atoms with van der Waals surface area (Å²) in [5.74, 6) is 0. The molecule has 2 heteroatoms. The van der Waals surface area contributed by atoms with Gasteiger partial charge in [-0.05, 0) is 31.4 Å². The van der Waals surface area contributed by atoms with Gasteiger partial charge in [-0.15, -0.1) is 0 Å². The summed E-state index contributed by atoms with van der Waals surface area (Å²) < 4.78 is 6.25. The molecule has 0 rings (SSSR count). The van der Waals surface area contributed by atoms with Gasteiger partial charge < -0.3 is 4.43 Å². The molecule has 13 heavy (non-hydrogen) atoms. The van der Waals surface area contributed by atoms with E-state index in [-0.39, 0.29) is 5.60 Å². The van der Waals surface area contributed by atoms with Crippen molar-refractivity contribution in [2.75, 3.05) is 0 Å². The zero-order chi connectivity index (χ0) is 10.6. The molecule has 0 spiro atoms. The Balaban J connectivity index is 4.26. The second-order valence-electron chi connectivity index (χ2n) is 5.18. The van der Waals surface area contributed by atoms with E-state index in [1.54, 1.807) is 0 Å². The van der Waals surface area contributed by atoms with Crippen molar-refractivity contribution in [3.8, 4) is 0 Å². The van der Waals surface area contributed by atoms with E-state index in [1.807, 2.05) is 0 Å². The Morgan fingerprint density at radius 3 is 1.69 bits per heavy atom. The van der Waals surface area contributed by atoms with Crippen LogP contribution in [0.4, 0.5) is 0 Å². The SMILES string of the molecule is CCC(C)(C)O[SiH](C(C)C)C(C)C. The lowest BCUT2D eigenvalue weighted by Crippen LogP contribution is -2.36. The molecule has 0 aliphatic carbocycles. The highest BCUT2D eigenvalue weighted by Crippen LogP contribution is 2.27. The highest BCUT2D eigenvalue weighted by Gasteiger charge is 2.27. The van der Waals surface area contributed by atoms with E-state index < -0.39 is 9.04 Å². The van der Waals surface area contributed by atoms with Gasteiger partial charge in [0.1, 0.15) is 0 Å². The van der Waals surface area contributed by atoms with Crippen LogP contribution in [0, 0.1) is 0 Å². The molecule has 0 heterocycles. The van der Waals surface area contributed by atoms with Gasteiger partial charge in [-0.3, -0.25) is 0 Å². The predicted molar refractivity (Wildman–Crippen MR) is 62.8 cm³/mol. The standard InChI is InChI=1S/C11H26OSi/c1-8-11(6,7)12-13(9(2)3)10(4)5/h9-10,13H,8H2,1-7H3. The Morgan fingerprint density at radius 1 is 1.08 bits per heavy atom. The monoisotopic (exact) mass is 202 g/mol. The number of hydrogen-bond donors (Lipinski definition) is 0. The molecule has 0 saturated carbocycles. The van der Waals surface area contributed by atoms with Crippen molar-refractivity contribution in [3.05, 3.63) is 0 Å². The van der Waals surface area contributed by atoms with Crippen LogP contribution in [0.3, 0.4) is 0 Å². The number of rotatable bonds is 5. The average Bonchev–Trinajstić information content (AvgIpc) is 1.99. The van der Waals surface area contributed by atoms with Gasteiger partial charge in [0.25, 0.3) is 0 Å². The summed E-state index contributed by atoms with van der Waals surface area (Å²) in [4.78, 5) is 0. The van der Waals surface area contributed by atoms with Crippen LogP contribution in [0.2, 0.25) is 11.1 Å². The second-order valence-corrected chi connectivity index (χ2v) is 9.02. The minimum absolute atomic E-state index is 0.0887. The molecular weight excluding hydrogens is 176 g/mol. The summed E-state index contributed by atoms with van der Waals surface area (Å²) in [6.07, 6.45) is 1.11. The van der Waals surface area contributed by atoms with Crippen molar-refractivity contribution < 1.29 is 4.43 Å². The first-order valence-corrected chi connectivity index (χ1v) is 7.28. The molecule has 0 amide bonds. The predicted octanol–water partition coefficient (Wildman–Crippen LogP) is 3.74. The molecule has 0 unspecified atom stereocenters. The normalized spacial score (nSPS) is 13.4. The van der Waals surface area contributed by atoms with E-state index >= 15 is 0 Å². The summed E-state index contributed by atoms with van der Waals surface area (Å²) in [5.41, 5.74) is 1.57. The number of hydrogen-bond acceptors (Lipinski definition) is 1.